The van der Waals surface area contributed by atoms with Gasteiger partial charge < -0.3 is 16.9 Å². The summed E-state index contributed by atoms with van der Waals surface area (Å²) < 4.78 is 1.14. The molecule has 0 saturated carbocycles. The van der Waals surface area contributed by atoms with E-state index in [1.54, 1.807) is 0 Å². The monoisotopic (exact) mass is 437 g/mol. The minimum atomic E-state index is 0. The second-order valence-corrected chi connectivity index (χ2v) is 9.81. The van der Waals surface area contributed by atoms with Gasteiger partial charge in [0.25, 0.3) is 0 Å². The third kappa shape index (κ3) is 24.6. The first kappa shape index (κ1) is 30.7. The Morgan fingerprint density at radius 3 is 1.07 bits per heavy atom. The van der Waals surface area contributed by atoms with Crippen molar-refractivity contribution >= 4 is 11.6 Å². The molecule has 0 aromatic heterocycles. The molecular formula is C25H53Cl2N. The summed E-state index contributed by atoms with van der Waals surface area (Å²) in [5.41, 5.74) is 0. The van der Waals surface area contributed by atoms with Crippen LogP contribution in [0.2, 0.25) is 0 Å². The molecule has 0 unspecified atom stereocenters. The Morgan fingerprint density at radius 2 is 0.750 bits per heavy atom. The van der Waals surface area contributed by atoms with Crippen LogP contribution < -0.4 is 12.4 Å². The van der Waals surface area contributed by atoms with E-state index in [9.17, 15) is 0 Å². The van der Waals surface area contributed by atoms with Crippen molar-refractivity contribution in [3.63, 3.8) is 0 Å². The van der Waals surface area contributed by atoms with Crippen LogP contribution in [-0.2, 0) is 0 Å². The minimum absolute atomic E-state index is 0. The van der Waals surface area contributed by atoms with Gasteiger partial charge in [-0.3, -0.25) is 0 Å². The molecule has 0 aliphatic heterocycles. The van der Waals surface area contributed by atoms with Crippen molar-refractivity contribution in [3.8, 4) is 0 Å². The summed E-state index contributed by atoms with van der Waals surface area (Å²) in [6, 6.07) is 0. The molecule has 0 aliphatic rings. The summed E-state index contributed by atoms with van der Waals surface area (Å²) in [7, 11) is 4.69. The maximum atomic E-state index is 5.81. The fourth-order valence-corrected chi connectivity index (χ4v) is 4.16. The Labute approximate surface area is 190 Å². The van der Waals surface area contributed by atoms with Gasteiger partial charge in [0.15, 0.2) is 0 Å². The lowest BCUT2D eigenvalue weighted by molar-refractivity contribution is -0.890. The van der Waals surface area contributed by atoms with E-state index in [0.717, 1.165) is 16.8 Å². The summed E-state index contributed by atoms with van der Waals surface area (Å²) >= 11 is 5.81. The van der Waals surface area contributed by atoms with E-state index in [2.05, 4.69) is 21.0 Å². The average Bonchev–Trinajstić information content (AvgIpc) is 2.65. The number of nitrogens with zero attached hydrogens (tertiary/aromatic N) is 1. The number of quaternary nitrogens is 1. The lowest BCUT2D eigenvalue weighted by Gasteiger charge is -2.29. The highest BCUT2D eigenvalue weighted by Gasteiger charge is 2.13. The zero-order chi connectivity index (χ0) is 20.1. The van der Waals surface area contributed by atoms with Crippen molar-refractivity contribution in [3.05, 3.63) is 0 Å². The molecule has 0 atom stereocenters. The first-order valence-electron chi connectivity index (χ1n) is 12.5. The molecule has 0 N–H and O–H groups in total. The summed E-state index contributed by atoms with van der Waals surface area (Å²) in [6.45, 7) is 4.84. The predicted molar refractivity (Wildman–Crippen MR) is 126 cm³/mol. The Morgan fingerprint density at radius 1 is 0.464 bits per heavy atom. The summed E-state index contributed by atoms with van der Waals surface area (Å²) in [5, 5.41) is 0. The van der Waals surface area contributed by atoms with E-state index < -0.39 is 0 Å². The average molecular weight is 439 g/mol. The molecule has 0 amide bonds. The van der Waals surface area contributed by atoms with Crippen LogP contribution in [0.4, 0.5) is 0 Å². The summed E-state index contributed by atoms with van der Waals surface area (Å²) in [6.07, 6.45) is 27.3. The molecule has 0 aliphatic carbocycles. The van der Waals surface area contributed by atoms with Gasteiger partial charge in [-0.15, -0.1) is 11.6 Å². The van der Waals surface area contributed by atoms with Gasteiger partial charge in [0.2, 0.25) is 0 Å². The molecule has 0 rings (SSSR count). The third-order valence-electron chi connectivity index (χ3n) is 6.01. The molecule has 0 fully saturated rings. The van der Waals surface area contributed by atoms with E-state index in [0.29, 0.717) is 0 Å². The molecule has 28 heavy (non-hydrogen) atoms. The molecule has 3 heteroatoms. The first-order valence-corrected chi connectivity index (χ1v) is 13.0. The van der Waals surface area contributed by atoms with Crippen LogP contribution in [0.25, 0.3) is 0 Å². The Balaban J connectivity index is 0. The maximum Gasteiger partial charge on any atom is 0.0794 e. The molecule has 0 radical (unpaired) electrons. The minimum Gasteiger partial charge on any atom is -1.00 e. The molecule has 0 heterocycles. The van der Waals surface area contributed by atoms with Gasteiger partial charge in [0, 0.05) is 12.3 Å². The summed E-state index contributed by atoms with van der Waals surface area (Å²) in [5.74, 6) is 0.806. The van der Waals surface area contributed by atoms with E-state index in [-0.39, 0.29) is 12.4 Å². The van der Waals surface area contributed by atoms with Crippen LogP contribution in [0, 0.1) is 0 Å². The van der Waals surface area contributed by atoms with E-state index >= 15 is 0 Å². The van der Waals surface area contributed by atoms with Gasteiger partial charge >= 0.3 is 0 Å². The summed E-state index contributed by atoms with van der Waals surface area (Å²) in [4.78, 5) is 0. The molecule has 0 aromatic rings. The number of halogens is 2. The van der Waals surface area contributed by atoms with Gasteiger partial charge in [0.05, 0.1) is 27.2 Å². The van der Waals surface area contributed by atoms with Gasteiger partial charge in [-0.1, -0.05) is 110 Å². The van der Waals surface area contributed by atoms with E-state index in [4.69, 9.17) is 11.6 Å². The van der Waals surface area contributed by atoms with Gasteiger partial charge in [-0.05, 0) is 12.8 Å². The standard InChI is InChI=1S/C25H53ClN.ClH/c1-4-5-6-7-8-9-10-11-12-13-14-15-16-17-18-19-20-21-24-27(2,3)25-22-23-26;/h4-25H2,1-3H3;1H/q+1;/p-1. The quantitative estimate of drug-likeness (QED) is 0.115. The van der Waals surface area contributed by atoms with Crippen molar-refractivity contribution in [1.29, 1.82) is 0 Å². The van der Waals surface area contributed by atoms with Crippen molar-refractivity contribution < 1.29 is 16.9 Å². The highest BCUT2D eigenvalue weighted by molar-refractivity contribution is 6.17. The second-order valence-electron chi connectivity index (χ2n) is 9.44. The van der Waals surface area contributed by atoms with Gasteiger partial charge in [0.1, 0.15) is 0 Å². The molecule has 0 saturated heterocycles. The Hall–Kier alpha value is 0.540. The number of hydrogen-bond donors (Lipinski definition) is 0. The molecule has 0 spiro atoms. The third-order valence-corrected chi connectivity index (χ3v) is 6.28. The largest absolute Gasteiger partial charge is 1.00 e. The smallest absolute Gasteiger partial charge is 0.0794 e. The van der Waals surface area contributed by atoms with Crippen molar-refractivity contribution in [2.75, 3.05) is 33.1 Å². The SMILES string of the molecule is CCCCCCCCCCCCCCCCCCCC[N+](C)(C)CCCCl.[Cl-]. The van der Waals surface area contributed by atoms with E-state index in [1.165, 1.54) is 129 Å². The van der Waals surface area contributed by atoms with Gasteiger partial charge in [-0.25, -0.2) is 0 Å². The molecule has 0 aromatic carbocycles. The van der Waals surface area contributed by atoms with Crippen LogP contribution in [0.3, 0.4) is 0 Å². The topological polar surface area (TPSA) is 0 Å². The molecule has 1 nitrogen and oxygen atoms in total. The van der Waals surface area contributed by atoms with Crippen LogP contribution in [0.5, 0.6) is 0 Å². The number of hydrogen-bond acceptors (Lipinski definition) is 0. The normalized spacial score (nSPS) is 11.6. The fourth-order valence-electron chi connectivity index (χ4n) is 4.04. The maximum absolute atomic E-state index is 5.81. The molecule has 0 bridgehead atoms. The highest BCUT2D eigenvalue weighted by atomic mass is 35.5. The lowest BCUT2D eigenvalue weighted by atomic mass is 10.0. The molecule has 172 valence electrons. The second kappa shape index (κ2) is 23.8. The predicted octanol–water partition coefficient (Wildman–Crippen LogP) is 5.74. The van der Waals surface area contributed by atoms with Crippen LogP contribution >= 0.6 is 11.6 Å². The Bertz CT molecular complexity index is 282. The van der Waals surface area contributed by atoms with Crippen molar-refractivity contribution in [2.24, 2.45) is 0 Å². The van der Waals surface area contributed by atoms with E-state index in [1.807, 2.05) is 0 Å². The fraction of sp³-hybridized carbons (Fsp3) is 1.00. The lowest BCUT2D eigenvalue weighted by Crippen LogP contribution is -3.00. The first-order chi connectivity index (χ1) is 13.1. The van der Waals surface area contributed by atoms with Crippen LogP contribution in [0.1, 0.15) is 129 Å². The number of unbranched alkanes of at least 4 members (excludes halogenated alkanes) is 17. The number of rotatable bonds is 22. The van der Waals surface area contributed by atoms with Crippen LogP contribution in [-0.4, -0.2) is 37.5 Å². The zero-order valence-corrected chi connectivity index (χ0v) is 21.3. The zero-order valence-electron chi connectivity index (χ0n) is 19.8. The van der Waals surface area contributed by atoms with Crippen molar-refractivity contribution in [2.45, 2.75) is 129 Å². The van der Waals surface area contributed by atoms with Crippen LogP contribution in [0.15, 0.2) is 0 Å². The highest BCUT2D eigenvalue weighted by Crippen LogP contribution is 2.14. The number of alkyl halides is 1. The van der Waals surface area contributed by atoms with Gasteiger partial charge in [-0.2, -0.15) is 0 Å². The molecular weight excluding hydrogens is 385 g/mol. The Kier molecular flexibility index (Phi) is 26.1. The van der Waals surface area contributed by atoms with Crippen molar-refractivity contribution in [1.82, 2.24) is 0 Å².